The second-order valence-corrected chi connectivity index (χ2v) is 5.34. The van der Waals surface area contributed by atoms with E-state index in [4.69, 9.17) is 11.6 Å². The van der Waals surface area contributed by atoms with Crippen LogP contribution in [-0.4, -0.2) is 31.3 Å². The van der Waals surface area contributed by atoms with Gasteiger partial charge in [0.05, 0.1) is 0 Å². The van der Waals surface area contributed by atoms with Crippen molar-refractivity contribution in [2.24, 2.45) is 5.92 Å². The van der Waals surface area contributed by atoms with Crippen LogP contribution in [0.25, 0.3) is 6.08 Å². The van der Waals surface area contributed by atoms with Crippen LogP contribution in [0.4, 0.5) is 0 Å². The second-order valence-electron chi connectivity index (χ2n) is 4.91. The summed E-state index contributed by atoms with van der Waals surface area (Å²) in [7, 11) is 3.95. The lowest BCUT2D eigenvalue weighted by molar-refractivity contribution is -0.119. The van der Waals surface area contributed by atoms with E-state index >= 15 is 0 Å². The van der Waals surface area contributed by atoms with Gasteiger partial charge in [-0.25, -0.2) is 0 Å². The topological polar surface area (TPSA) is 20.3 Å². The monoisotopic (exact) mass is 265 g/mol. The van der Waals surface area contributed by atoms with Crippen LogP contribution < -0.4 is 0 Å². The largest absolute Gasteiger partial charge is 0.309 e. The summed E-state index contributed by atoms with van der Waals surface area (Å²) in [6, 6.07) is 7.48. The number of hydrogen-bond acceptors (Lipinski definition) is 2. The smallest absolute Gasteiger partial charge is 0.162 e. The van der Waals surface area contributed by atoms with Crippen molar-refractivity contribution in [2.45, 2.75) is 13.8 Å². The van der Waals surface area contributed by atoms with Gasteiger partial charge in [0.15, 0.2) is 5.78 Å². The number of halogens is 1. The number of hydrogen-bond donors (Lipinski definition) is 0. The molecule has 0 aliphatic carbocycles. The fourth-order valence-corrected chi connectivity index (χ4v) is 2.03. The Bertz CT molecular complexity index is 434. The van der Waals surface area contributed by atoms with Crippen molar-refractivity contribution in [1.82, 2.24) is 4.90 Å². The van der Waals surface area contributed by atoms with Crippen molar-refractivity contribution in [2.75, 3.05) is 20.6 Å². The Hall–Kier alpha value is -1.12. The summed E-state index contributed by atoms with van der Waals surface area (Å²) in [5.74, 6) is 0.210. The summed E-state index contributed by atoms with van der Waals surface area (Å²) in [5, 5.41) is 0.706. The third kappa shape index (κ3) is 4.63. The Balaban J connectivity index is 2.76. The van der Waals surface area contributed by atoms with E-state index in [0.29, 0.717) is 5.02 Å². The summed E-state index contributed by atoms with van der Waals surface area (Å²) in [6.45, 7) is 4.59. The average Bonchev–Trinajstić information content (AvgIpc) is 2.30. The Morgan fingerprint density at radius 3 is 2.39 bits per heavy atom. The molecule has 0 saturated heterocycles. The van der Waals surface area contributed by atoms with Crippen molar-refractivity contribution in [3.63, 3.8) is 0 Å². The van der Waals surface area contributed by atoms with Gasteiger partial charge in [-0.05, 0) is 50.4 Å². The highest BCUT2D eigenvalue weighted by atomic mass is 35.5. The minimum absolute atomic E-state index is 0.0172. The fraction of sp³-hybridized carbons (Fsp3) is 0.400. The van der Waals surface area contributed by atoms with E-state index in [9.17, 15) is 4.79 Å². The number of Topliss-reactive ketones (excluding diaryl/α,β-unsaturated/α-hetero) is 1. The van der Waals surface area contributed by atoms with Gasteiger partial charge < -0.3 is 4.90 Å². The van der Waals surface area contributed by atoms with E-state index in [1.165, 1.54) is 0 Å². The number of ketones is 1. The molecule has 1 aromatic rings. The minimum atomic E-state index is 0.0172. The molecule has 0 spiro atoms. The molecule has 0 heterocycles. The van der Waals surface area contributed by atoms with Crippen molar-refractivity contribution < 1.29 is 4.79 Å². The quantitative estimate of drug-likeness (QED) is 0.760. The van der Waals surface area contributed by atoms with Gasteiger partial charge in [-0.2, -0.15) is 0 Å². The number of carbonyl (C=O) groups is 1. The van der Waals surface area contributed by atoms with Crippen LogP contribution in [0.15, 0.2) is 29.8 Å². The zero-order valence-corrected chi connectivity index (χ0v) is 12.2. The zero-order valence-electron chi connectivity index (χ0n) is 11.4. The normalized spacial score (nSPS) is 13.8. The molecular formula is C15H20ClNO. The summed E-state index contributed by atoms with van der Waals surface area (Å²) in [4.78, 5) is 14.2. The number of carbonyl (C=O) groups excluding carboxylic acids is 1. The standard InChI is InChI=1S/C15H20ClNO/c1-11(15(18)12(2)10-17(3)4)9-13-5-7-14(16)8-6-13/h5-9,12H,10H2,1-4H3/b11-9+. The van der Waals surface area contributed by atoms with E-state index in [2.05, 4.69) is 0 Å². The van der Waals surface area contributed by atoms with Crippen molar-refractivity contribution in [3.05, 3.63) is 40.4 Å². The average molecular weight is 266 g/mol. The summed E-state index contributed by atoms with van der Waals surface area (Å²) >= 11 is 5.83. The lowest BCUT2D eigenvalue weighted by Crippen LogP contribution is -2.26. The predicted octanol–water partition coefficient (Wildman–Crippen LogP) is 3.51. The first kappa shape index (κ1) is 14.9. The maximum Gasteiger partial charge on any atom is 0.162 e. The Labute approximate surface area is 114 Å². The molecule has 0 radical (unpaired) electrons. The van der Waals surface area contributed by atoms with Crippen LogP contribution >= 0.6 is 11.6 Å². The lowest BCUT2D eigenvalue weighted by atomic mass is 9.98. The van der Waals surface area contributed by atoms with Crippen LogP contribution in [0, 0.1) is 5.92 Å². The molecule has 0 aromatic heterocycles. The third-order valence-corrected chi connectivity index (χ3v) is 2.98. The highest BCUT2D eigenvalue weighted by Gasteiger charge is 2.15. The molecule has 3 heteroatoms. The number of rotatable bonds is 5. The highest BCUT2D eigenvalue weighted by Crippen LogP contribution is 2.15. The molecule has 0 aliphatic rings. The van der Waals surface area contributed by atoms with Crippen LogP contribution in [0.2, 0.25) is 5.02 Å². The SMILES string of the molecule is C/C(=C\c1ccc(Cl)cc1)C(=O)C(C)CN(C)C. The van der Waals surface area contributed by atoms with Crippen LogP contribution in [0.5, 0.6) is 0 Å². The van der Waals surface area contributed by atoms with Crippen molar-refractivity contribution >= 4 is 23.5 Å². The van der Waals surface area contributed by atoms with Gasteiger partial charge in [-0.15, -0.1) is 0 Å². The maximum atomic E-state index is 12.1. The molecule has 1 aromatic carbocycles. The van der Waals surface area contributed by atoms with Gasteiger partial charge in [0.25, 0.3) is 0 Å². The molecule has 0 fully saturated rings. The zero-order chi connectivity index (χ0) is 13.7. The first-order valence-electron chi connectivity index (χ1n) is 6.03. The molecule has 2 nitrogen and oxygen atoms in total. The van der Waals surface area contributed by atoms with Crippen molar-refractivity contribution in [1.29, 1.82) is 0 Å². The van der Waals surface area contributed by atoms with Gasteiger partial charge in [-0.3, -0.25) is 4.79 Å². The van der Waals surface area contributed by atoms with Crippen molar-refractivity contribution in [3.8, 4) is 0 Å². The molecule has 1 unspecified atom stereocenters. The third-order valence-electron chi connectivity index (χ3n) is 2.73. The Morgan fingerprint density at radius 1 is 1.33 bits per heavy atom. The maximum absolute atomic E-state index is 12.1. The molecule has 0 N–H and O–H groups in total. The van der Waals surface area contributed by atoms with Crippen LogP contribution in [-0.2, 0) is 4.79 Å². The van der Waals surface area contributed by atoms with Gasteiger partial charge in [0.1, 0.15) is 0 Å². The van der Waals surface area contributed by atoms with Gasteiger partial charge in [-0.1, -0.05) is 30.7 Å². The molecule has 18 heavy (non-hydrogen) atoms. The van der Waals surface area contributed by atoms with Gasteiger partial charge in [0, 0.05) is 17.5 Å². The van der Waals surface area contributed by atoms with E-state index in [-0.39, 0.29) is 11.7 Å². The summed E-state index contributed by atoms with van der Waals surface area (Å²) < 4.78 is 0. The molecule has 0 saturated carbocycles. The summed E-state index contributed by atoms with van der Waals surface area (Å²) in [5.41, 5.74) is 1.79. The molecular weight excluding hydrogens is 246 g/mol. The van der Waals surface area contributed by atoms with Gasteiger partial charge >= 0.3 is 0 Å². The molecule has 1 atom stereocenters. The number of nitrogens with zero attached hydrogens (tertiary/aromatic N) is 1. The first-order valence-corrected chi connectivity index (χ1v) is 6.40. The minimum Gasteiger partial charge on any atom is -0.309 e. The van der Waals surface area contributed by atoms with E-state index < -0.39 is 0 Å². The second kappa shape index (κ2) is 6.72. The Kier molecular flexibility index (Phi) is 5.57. The number of allylic oxidation sites excluding steroid dienone is 1. The molecule has 0 bridgehead atoms. The number of benzene rings is 1. The predicted molar refractivity (Wildman–Crippen MR) is 77.8 cm³/mol. The van der Waals surface area contributed by atoms with E-state index in [0.717, 1.165) is 17.7 Å². The highest BCUT2D eigenvalue weighted by molar-refractivity contribution is 6.30. The molecule has 98 valence electrons. The molecule has 0 amide bonds. The van der Waals surface area contributed by atoms with E-state index in [1.807, 2.05) is 63.2 Å². The van der Waals surface area contributed by atoms with E-state index in [1.54, 1.807) is 0 Å². The van der Waals surface area contributed by atoms with Crippen LogP contribution in [0.3, 0.4) is 0 Å². The van der Waals surface area contributed by atoms with Crippen LogP contribution in [0.1, 0.15) is 19.4 Å². The fourth-order valence-electron chi connectivity index (χ4n) is 1.90. The molecule has 1 rings (SSSR count). The summed E-state index contributed by atoms with van der Waals surface area (Å²) in [6.07, 6.45) is 1.91. The lowest BCUT2D eigenvalue weighted by Gasteiger charge is -2.16. The first-order chi connectivity index (χ1) is 8.40. The van der Waals surface area contributed by atoms with Gasteiger partial charge in [0.2, 0.25) is 0 Å². The Morgan fingerprint density at radius 2 is 1.89 bits per heavy atom. The molecule has 0 aliphatic heterocycles.